The summed E-state index contributed by atoms with van der Waals surface area (Å²) < 4.78 is 53.2. The second kappa shape index (κ2) is 7.54. The maximum absolute atomic E-state index is 13.3. The fourth-order valence-corrected chi connectivity index (χ4v) is 3.73. The quantitative estimate of drug-likeness (QED) is 0.514. The maximum Gasteiger partial charge on any atom is 0.492 e. The van der Waals surface area contributed by atoms with Gasteiger partial charge in [0.25, 0.3) is 0 Å². The Kier molecular flexibility index (Phi) is 5.04. The summed E-state index contributed by atoms with van der Waals surface area (Å²) in [6.07, 6.45) is -2.36. The highest BCUT2D eigenvalue weighted by Gasteiger charge is 2.39. The van der Waals surface area contributed by atoms with Gasteiger partial charge in [-0.25, -0.2) is 14.5 Å². The molecule has 1 saturated heterocycles. The minimum atomic E-state index is -4.67. The first-order valence-corrected chi connectivity index (χ1v) is 9.36. The van der Waals surface area contributed by atoms with Crippen LogP contribution < -0.4 is 10.6 Å². The van der Waals surface area contributed by atoms with E-state index in [1.807, 2.05) is 24.0 Å². The van der Waals surface area contributed by atoms with Crippen molar-refractivity contribution in [3.63, 3.8) is 0 Å². The standard InChI is InChI=1S/C19H19F4N7/c1-11-2-4-14(13-3-5-15(20)25-10-13)17(26-11)29-8-6-12(7-9-29)16-27-28-18(24)30(16)19(21,22)23/h2-5,10,12H,6-9H2,1H3,(H2,24,28). The minimum absolute atomic E-state index is 0.0495. The number of nitrogen functional groups attached to an aromatic ring is 1. The molecular weight excluding hydrogens is 402 g/mol. The number of nitrogens with two attached hydrogens (primary N) is 1. The van der Waals surface area contributed by atoms with Crippen molar-refractivity contribution >= 4 is 11.8 Å². The molecule has 1 aliphatic rings. The lowest BCUT2D eigenvalue weighted by Crippen LogP contribution is -2.35. The molecule has 3 aromatic heterocycles. The van der Waals surface area contributed by atoms with Gasteiger partial charge in [-0.1, -0.05) is 0 Å². The Morgan fingerprint density at radius 2 is 1.80 bits per heavy atom. The number of aromatic nitrogens is 5. The number of nitrogens with zero attached hydrogens (tertiary/aromatic N) is 6. The van der Waals surface area contributed by atoms with E-state index in [2.05, 4.69) is 20.2 Å². The van der Waals surface area contributed by atoms with Gasteiger partial charge in [0.15, 0.2) is 0 Å². The molecule has 3 aromatic rings. The number of hydrogen-bond donors (Lipinski definition) is 1. The predicted molar refractivity (Wildman–Crippen MR) is 102 cm³/mol. The van der Waals surface area contributed by atoms with Crippen molar-refractivity contribution in [2.75, 3.05) is 23.7 Å². The van der Waals surface area contributed by atoms with E-state index in [-0.39, 0.29) is 10.4 Å². The molecule has 2 N–H and O–H groups in total. The zero-order valence-electron chi connectivity index (χ0n) is 16.1. The molecule has 7 nitrogen and oxygen atoms in total. The summed E-state index contributed by atoms with van der Waals surface area (Å²) in [7, 11) is 0. The predicted octanol–water partition coefficient (Wildman–Crippen LogP) is 3.63. The molecule has 30 heavy (non-hydrogen) atoms. The number of rotatable bonds is 3. The molecule has 1 fully saturated rings. The second-order valence-corrected chi connectivity index (χ2v) is 7.17. The summed E-state index contributed by atoms with van der Waals surface area (Å²) in [5.41, 5.74) is 7.68. The summed E-state index contributed by atoms with van der Waals surface area (Å²) in [6.45, 7) is 2.82. The third-order valence-corrected chi connectivity index (χ3v) is 5.18. The van der Waals surface area contributed by atoms with Gasteiger partial charge in [0.2, 0.25) is 11.9 Å². The van der Waals surface area contributed by atoms with Crippen molar-refractivity contribution in [1.29, 1.82) is 0 Å². The van der Waals surface area contributed by atoms with Crippen LogP contribution in [0.3, 0.4) is 0 Å². The lowest BCUT2D eigenvalue weighted by Gasteiger charge is -2.34. The zero-order chi connectivity index (χ0) is 21.5. The van der Waals surface area contributed by atoms with Crippen LogP contribution >= 0.6 is 0 Å². The molecule has 11 heteroatoms. The number of anilines is 2. The number of alkyl halides is 3. The molecular formula is C19H19F4N7. The number of pyridine rings is 2. The Morgan fingerprint density at radius 3 is 2.43 bits per heavy atom. The van der Waals surface area contributed by atoms with E-state index in [9.17, 15) is 17.6 Å². The van der Waals surface area contributed by atoms with Crippen LogP contribution in [-0.2, 0) is 6.30 Å². The van der Waals surface area contributed by atoms with Crippen LogP contribution in [0, 0.1) is 12.9 Å². The molecule has 4 rings (SSSR count). The molecule has 0 aliphatic carbocycles. The van der Waals surface area contributed by atoms with Crippen molar-refractivity contribution in [1.82, 2.24) is 24.7 Å². The van der Waals surface area contributed by atoms with Crippen molar-refractivity contribution in [3.8, 4) is 11.1 Å². The highest BCUT2D eigenvalue weighted by molar-refractivity contribution is 5.75. The first-order valence-electron chi connectivity index (χ1n) is 9.36. The molecule has 0 aromatic carbocycles. The Balaban J connectivity index is 1.58. The fraction of sp³-hybridized carbons (Fsp3) is 0.368. The Morgan fingerprint density at radius 1 is 1.07 bits per heavy atom. The van der Waals surface area contributed by atoms with Gasteiger partial charge in [0.1, 0.15) is 11.6 Å². The molecule has 4 heterocycles. The summed E-state index contributed by atoms with van der Waals surface area (Å²) >= 11 is 0. The van der Waals surface area contributed by atoms with E-state index in [1.165, 1.54) is 12.3 Å². The average molecular weight is 421 g/mol. The SMILES string of the molecule is Cc1ccc(-c2ccc(F)nc2)c(N2CCC(c3nnc(N)n3C(F)(F)F)CC2)n1. The Bertz CT molecular complexity index is 1040. The van der Waals surface area contributed by atoms with Gasteiger partial charge in [0, 0.05) is 42.0 Å². The molecule has 1 aliphatic heterocycles. The third-order valence-electron chi connectivity index (χ3n) is 5.18. The molecule has 158 valence electrons. The largest absolute Gasteiger partial charge is 0.492 e. The van der Waals surface area contributed by atoms with Gasteiger partial charge in [-0.2, -0.15) is 4.39 Å². The van der Waals surface area contributed by atoms with Crippen molar-refractivity contribution in [3.05, 3.63) is 47.9 Å². The molecule has 0 saturated carbocycles. The van der Waals surface area contributed by atoms with Crippen LogP contribution in [0.15, 0.2) is 30.5 Å². The van der Waals surface area contributed by atoms with Gasteiger partial charge < -0.3 is 10.6 Å². The van der Waals surface area contributed by atoms with E-state index in [0.29, 0.717) is 37.3 Å². The van der Waals surface area contributed by atoms with Crippen LogP contribution in [0.5, 0.6) is 0 Å². The maximum atomic E-state index is 13.3. The molecule has 0 bridgehead atoms. The molecule has 0 unspecified atom stereocenters. The summed E-state index contributed by atoms with van der Waals surface area (Å²) in [6, 6.07) is 6.64. The number of aryl methyl sites for hydroxylation is 1. The van der Waals surface area contributed by atoms with Crippen molar-refractivity contribution < 1.29 is 17.6 Å². The smallest absolute Gasteiger partial charge is 0.368 e. The van der Waals surface area contributed by atoms with Crippen LogP contribution in [0.2, 0.25) is 0 Å². The molecule has 0 spiro atoms. The first kappa shape index (κ1) is 20.0. The monoisotopic (exact) mass is 421 g/mol. The number of piperidine rings is 1. The number of halogens is 4. The minimum Gasteiger partial charge on any atom is -0.368 e. The van der Waals surface area contributed by atoms with E-state index < -0.39 is 24.1 Å². The van der Waals surface area contributed by atoms with Crippen LogP contribution in [0.4, 0.5) is 29.3 Å². The lowest BCUT2D eigenvalue weighted by atomic mass is 9.95. The zero-order valence-corrected chi connectivity index (χ0v) is 16.1. The van der Waals surface area contributed by atoms with Crippen molar-refractivity contribution in [2.24, 2.45) is 0 Å². The average Bonchev–Trinajstić information content (AvgIpc) is 3.11. The van der Waals surface area contributed by atoms with E-state index in [4.69, 9.17) is 5.73 Å². The number of hydrogen-bond acceptors (Lipinski definition) is 6. The molecule has 0 amide bonds. The summed E-state index contributed by atoms with van der Waals surface area (Å²) in [5, 5.41) is 7.10. The van der Waals surface area contributed by atoms with Gasteiger partial charge in [-0.15, -0.1) is 23.4 Å². The van der Waals surface area contributed by atoms with Gasteiger partial charge in [0.05, 0.1) is 0 Å². The highest BCUT2D eigenvalue weighted by atomic mass is 19.4. The van der Waals surface area contributed by atoms with Gasteiger partial charge in [-0.3, -0.25) is 0 Å². The normalized spacial score (nSPS) is 15.6. The Labute approximate surface area is 169 Å². The fourth-order valence-electron chi connectivity index (χ4n) is 3.73. The van der Waals surface area contributed by atoms with Crippen LogP contribution in [0.25, 0.3) is 11.1 Å². The van der Waals surface area contributed by atoms with Crippen LogP contribution in [0.1, 0.15) is 30.3 Å². The topological polar surface area (TPSA) is 85.8 Å². The van der Waals surface area contributed by atoms with E-state index in [1.54, 1.807) is 6.07 Å². The molecule has 0 radical (unpaired) electrons. The van der Waals surface area contributed by atoms with Crippen LogP contribution in [-0.4, -0.2) is 37.8 Å². The first-order chi connectivity index (χ1) is 14.2. The van der Waals surface area contributed by atoms with Gasteiger partial charge >= 0.3 is 6.30 Å². The van der Waals surface area contributed by atoms with E-state index >= 15 is 0 Å². The summed E-state index contributed by atoms with van der Waals surface area (Å²) in [5.74, 6) is -1.13. The lowest BCUT2D eigenvalue weighted by molar-refractivity contribution is -0.204. The second-order valence-electron chi connectivity index (χ2n) is 7.17. The van der Waals surface area contributed by atoms with Gasteiger partial charge in [-0.05, 0) is 44.0 Å². The van der Waals surface area contributed by atoms with E-state index in [0.717, 1.165) is 11.3 Å². The molecule has 0 atom stereocenters. The highest BCUT2D eigenvalue weighted by Crippen LogP contribution is 2.37. The third kappa shape index (κ3) is 3.79. The summed E-state index contributed by atoms with van der Waals surface area (Å²) in [4.78, 5) is 10.3. The Hall–Kier alpha value is -3.24. The van der Waals surface area contributed by atoms with Crippen molar-refractivity contribution in [2.45, 2.75) is 32.0 Å².